The smallest absolute Gasteiger partial charge is 0.227 e. The van der Waals surface area contributed by atoms with Gasteiger partial charge in [0, 0.05) is 7.05 Å². The number of hydrogen-bond donors (Lipinski definition) is 1. The van der Waals surface area contributed by atoms with E-state index in [1.807, 2.05) is 0 Å². The van der Waals surface area contributed by atoms with E-state index in [0.717, 1.165) is 0 Å². The highest BCUT2D eigenvalue weighted by Gasteiger charge is 2.21. The molecule has 0 fully saturated rings. The molecular formula is C12H13FN2O3S. The van der Waals surface area contributed by atoms with Crippen LogP contribution in [-0.4, -0.2) is 23.1 Å². The van der Waals surface area contributed by atoms with E-state index in [2.05, 4.69) is 4.98 Å². The molecule has 0 amide bonds. The van der Waals surface area contributed by atoms with E-state index in [1.165, 1.54) is 42.1 Å². The molecular weight excluding hydrogens is 271 g/mol. The fourth-order valence-electron chi connectivity index (χ4n) is 1.73. The van der Waals surface area contributed by atoms with Crippen LogP contribution in [0.1, 0.15) is 11.3 Å². The summed E-state index contributed by atoms with van der Waals surface area (Å²) in [5.74, 6) is -0.677. The Hall–Kier alpha value is -1.73. The summed E-state index contributed by atoms with van der Waals surface area (Å²) in [6.07, 6.45) is 1.32. The highest BCUT2D eigenvalue weighted by Crippen LogP contribution is 2.16. The summed E-state index contributed by atoms with van der Waals surface area (Å²) in [6, 6.07) is 5.26. The first-order valence-electron chi connectivity index (χ1n) is 5.52. The van der Waals surface area contributed by atoms with Gasteiger partial charge in [-0.2, -0.15) is 0 Å². The average Bonchev–Trinajstić information content (AvgIpc) is 2.74. The fraction of sp³-hybridized carbons (Fsp3) is 0.250. The number of halogens is 1. The Kier molecular flexibility index (Phi) is 3.68. The normalized spacial score (nSPS) is 11.7. The lowest BCUT2D eigenvalue weighted by molar-refractivity contribution is 0.271. The van der Waals surface area contributed by atoms with Crippen LogP contribution in [0.15, 0.2) is 35.6 Å². The number of imidazole rings is 1. The van der Waals surface area contributed by atoms with Crippen molar-refractivity contribution in [2.45, 2.75) is 17.5 Å². The van der Waals surface area contributed by atoms with Gasteiger partial charge in [-0.05, 0) is 17.7 Å². The molecule has 2 aromatic rings. The van der Waals surface area contributed by atoms with E-state index >= 15 is 0 Å². The van der Waals surface area contributed by atoms with Crippen molar-refractivity contribution in [2.75, 3.05) is 0 Å². The summed E-state index contributed by atoms with van der Waals surface area (Å²) in [4.78, 5) is 3.81. The van der Waals surface area contributed by atoms with Crippen LogP contribution in [0.25, 0.3) is 0 Å². The van der Waals surface area contributed by atoms with E-state index in [4.69, 9.17) is 5.11 Å². The lowest BCUT2D eigenvalue weighted by Gasteiger charge is -2.06. The Balaban J connectivity index is 2.32. The second-order valence-electron chi connectivity index (χ2n) is 4.13. The Morgan fingerprint density at radius 1 is 1.32 bits per heavy atom. The van der Waals surface area contributed by atoms with E-state index in [9.17, 15) is 12.8 Å². The summed E-state index contributed by atoms with van der Waals surface area (Å²) >= 11 is 0. The molecule has 1 aromatic carbocycles. The van der Waals surface area contributed by atoms with Crippen molar-refractivity contribution in [3.8, 4) is 0 Å². The largest absolute Gasteiger partial charge is 0.390 e. The van der Waals surface area contributed by atoms with Crippen LogP contribution < -0.4 is 0 Å². The molecule has 5 nitrogen and oxygen atoms in total. The van der Waals surface area contributed by atoms with E-state index < -0.39 is 15.7 Å². The molecule has 0 saturated heterocycles. The number of rotatable bonds is 4. The Bertz CT molecular complexity index is 678. The molecule has 102 valence electrons. The molecule has 1 aromatic heterocycles. The summed E-state index contributed by atoms with van der Waals surface area (Å²) in [6.45, 7) is -0.282. The van der Waals surface area contributed by atoms with Crippen molar-refractivity contribution < 1.29 is 17.9 Å². The molecule has 19 heavy (non-hydrogen) atoms. The summed E-state index contributed by atoms with van der Waals surface area (Å²) in [5.41, 5.74) is 0.896. The third-order valence-electron chi connectivity index (χ3n) is 2.75. The molecule has 0 radical (unpaired) electrons. The quantitative estimate of drug-likeness (QED) is 0.910. The van der Waals surface area contributed by atoms with Crippen molar-refractivity contribution in [3.63, 3.8) is 0 Å². The number of benzene rings is 1. The van der Waals surface area contributed by atoms with Gasteiger partial charge in [0.05, 0.1) is 24.3 Å². The minimum atomic E-state index is -3.63. The van der Waals surface area contributed by atoms with Gasteiger partial charge in [-0.1, -0.05) is 12.1 Å². The first kappa shape index (κ1) is 13.7. The van der Waals surface area contributed by atoms with Gasteiger partial charge in [-0.15, -0.1) is 0 Å². The maximum absolute atomic E-state index is 12.8. The van der Waals surface area contributed by atoms with Gasteiger partial charge in [0.25, 0.3) is 0 Å². The zero-order valence-electron chi connectivity index (χ0n) is 10.2. The monoisotopic (exact) mass is 284 g/mol. The van der Waals surface area contributed by atoms with Crippen LogP contribution >= 0.6 is 0 Å². The molecule has 1 N–H and O–H groups in total. The van der Waals surface area contributed by atoms with Gasteiger partial charge in [0.15, 0.2) is 0 Å². The van der Waals surface area contributed by atoms with Crippen LogP contribution in [-0.2, 0) is 29.2 Å². The van der Waals surface area contributed by atoms with Gasteiger partial charge >= 0.3 is 0 Å². The minimum absolute atomic E-state index is 0.110. The van der Waals surface area contributed by atoms with Gasteiger partial charge in [-0.3, -0.25) is 0 Å². The van der Waals surface area contributed by atoms with Crippen LogP contribution in [0.3, 0.4) is 0 Å². The summed E-state index contributed by atoms with van der Waals surface area (Å²) < 4.78 is 38.5. The lowest BCUT2D eigenvalue weighted by Crippen LogP contribution is -2.12. The third kappa shape index (κ3) is 2.82. The number of aliphatic hydroxyl groups is 1. The molecule has 0 aliphatic carbocycles. The zero-order valence-corrected chi connectivity index (χ0v) is 11.1. The molecule has 0 atom stereocenters. The minimum Gasteiger partial charge on any atom is -0.390 e. The molecule has 0 unspecified atom stereocenters. The Morgan fingerprint density at radius 2 is 1.95 bits per heavy atom. The number of aromatic nitrogens is 2. The van der Waals surface area contributed by atoms with Gasteiger partial charge < -0.3 is 9.67 Å². The van der Waals surface area contributed by atoms with Crippen LogP contribution in [0.2, 0.25) is 0 Å². The Morgan fingerprint density at radius 3 is 2.47 bits per heavy atom. The summed E-state index contributed by atoms with van der Waals surface area (Å²) in [7, 11) is -2.10. The second-order valence-corrected chi connectivity index (χ2v) is 6.02. The SMILES string of the molecule is Cn1c(CO)cnc1S(=O)(=O)Cc1ccc(F)cc1. The lowest BCUT2D eigenvalue weighted by atomic mass is 10.2. The first-order chi connectivity index (χ1) is 8.94. The van der Waals surface area contributed by atoms with Crippen molar-refractivity contribution in [2.24, 2.45) is 7.05 Å². The van der Waals surface area contributed by atoms with Crippen LogP contribution in [0, 0.1) is 5.82 Å². The number of hydrogen-bond acceptors (Lipinski definition) is 4. The predicted octanol–water partition coefficient (Wildman–Crippen LogP) is 1.03. The topological polar surface area (TPSA) is 72.2 Å². The van der Waals surface area contributed by atoms with E-state index in [-0.39, 0.29) is 17.5 Å². The van der Waals surface area contributed by atoms with Gasteiger partial charge in [-0.25, -0.2) is 17.8 Å². The molecule has 7 heteroatoms. The molecule has 0 aliphatic heterocycles. The first-order valence-corrected chi connectivity index (χ1v) is 7.18. The Labute approximate surface area is 110 Å². The summed E-state index contributed by atoms with van der Waals surface area (Å²) in [5, 5.41) is 8.91. The third-order valence-corrected chi connectivity index (χ3v) is 4.40. The maximum Gasteiger partial charge on any atom is 0.227 e. The van der Waals surface area contributed by atoms with Gasteiger partial charge in [0.2, 0.25) is 15.0 Å². The highest BCUT2D eigenvalue weighted by atomic mass is 32.2. The highest BCUT2D eigenvalue weighted by molar-refractivity contribution is 7.90. The molecule has 1 heterocycles. The van der Waals surface area contributed by atoms with E-state index in [1.54, 1.807) is 0 Å². The second kappa shape index (κ2) is 5.10. The van der Waals surface area contributed by atoms with Crippen molar-refractivity contribution in [1.29, 1.82) is 0 Å². The number of aliphatic hydroxyl groups excluding tert-OH is 1. The van der Waals surface area contributed by atoms with Crippen molar-refractivity contribution in [1.82, 2.24) is 9.55 Å². The van der Waals surface area contributed by atoms with Gasteiger partial charge in [0.1, 0.15) is 5.82 Å². The maximum atomic E-state index is 12.8. The van der Waals surface area contributed by atoms with Crippen LogP contribution in [0.4, 0.5) is 4.39 Å². The number of nitrogens with zero attached hydrogens (tertiary/aromatic N) is 2. The molecule has 2 rings (SSSR count). The predicted molar refractivity (Wildman–Crippen MR) is 66.4 cm³/mol. The van der Waals surface area contributed by atoms with Crippen molar-refractivity contribution in [3.05, 3.63) is 47.5 Å². The zero-order chi connectivity index (χ0) is 14.0. The molecule has 0 saturated carbocycles. The number of sulfone groups is 1. The molecule has 0 spiro atoms. The standard InChI is InChI=1S/C12H13FN2O3S/c1-15-11(7-16)6-14-12(15)19(17,18)8-9-2-4-10(13)5-3-9/h2-6,16H,7-8H2,1H3. The molecule has 0 bridgehead atoms. The average molecular weight is 284 g/mol. The fourth-order valence-corrected chi connectivity index (χ4v) is 3.23. The molecule has 0 aliphatic rings. The van der Waals surface area contributed by atoms with E-state index in [0.29, 0.717) is 11.3 Å². The van der Waals surface area contributed by atoms with Crippen LogP contribution in [0.5, 0.6) is 0 Å². The van der Waals surface area contributed by atoms with Crippen molar-refractivity contribution >= 4 is 9.84 Å².